The minimum Gasteiger partial charge on any atom is -0.493 e. The quantitative estimate of drug-likeness (QED) is 0.558. The van der Waals surface area contributed by atoms with Crippen LogP contribution in [0.4, 0.5) is 0 Å². The highest BCUT2D eigenvalue weighted by Crippen LogP contribution is 2.31. The Morgan fingerprint density at radius 2 is 1.86 bits per heavy atom. The maximum absolute atomic E-state index is 11.5. The van der Waals surface area contributed by atoms with Gasteiger partial charge in [0.25, 0.3) is 0 Å². The molecule has 6 nitrogen and oxygen atoms in total. The van der Waals surface area contributed by atoms with Gasteiger partial charge in [-0.15, -0.1) is 0 Å². The smallest absolute Gasteiger partial charge is 0.248 e. The Hall–Kier alpha value is -2.47. The van der Waals surface area contributed by atoms with Crippen molar-refractivity contribution < 1.29 is 14.2 Å². The van der Waals surface area contributed by atoms with E-state index in [4.69, 9.17) is 14.2 Å². The van der Waals surface area contributed by atoms with Gasteiger partial charge in [-0.1, -0.05) is 18.9 Å². The molecular formula is C23H32N2O4. The zero-order valence-corrected chi connectivity index (χ0v) is 17.5. The van der Waals surface area contributed by atoms with Crippen molar-refractivity contribution in [2.75, 3.05) is 27.4 Å². The maximum atomic E-state index is 11.5. The van der Waals surface area contributed by atoms with Gasteiger partial charge >= 0.3 is 0 Å². The number of fused-ring (bicyclic) bond motifs is 1. The molecule has 6 heteroatoms. The zero-order valence-electron chi connectivity index (χ0n) is 17.5. The van der Waals surface area contributed by atoms with Crippen LogP contribution in [0.1, 0.15) is 55.8 Å². The molecule has 1 aromatic carbocycles. The fraction of sp³-hybridized carbons (Fsp3) is 0.522. The van der Waals surface area contributed by atoms with Crippen molar-refractivity contribution >= 4 is 0 Å². The number of benzene rings is 1. The molecule has 0 amide bonds. The van der Waals surface area contributed by atoms with E-state index in [1.165, 1.54) is 12.0 Å². The van der Waals surface area contributed by atoms with E-state index >= 15 is 0 Å². The first-order valence-electron chi connectivity index (χ1n) is 10.5. The van der Waals surface area contributed by atoms with E-state index in [9.17, 15) is 4.79 Å². The summed E-state index contributed by atoms with van der Waals surface area (Å²) in [5.74, 6) is 2.20. The molecule has 0 radical (unpaired) electrons. The molecule has 0 bridgehead atoms. The van der Waals surface area contributed by atoms with E-state index in [1.54, 1.807) is 20.3 Å². The van der Waals surface area contributed by atoms with E-state index in [1.807, 2.05) is 24.3 Å². The summed E-state index contributed by atoms with van der Waals surface area (Å²) >= 11 is 0. The lowest BCUT2D eigenvalue weighted by Gasteiger charge is -2.26. The molecule has 0 spiro atoms. The van der Waals surface area contributed by atoms with Gasteiger partial charge in [0.2, 0.25) is 5.56 Å². The van der Waals surface area contributed by atoms with Crippen LogP contribution in [0.5, 0.6) is 17.2 Å². The topological polar surface area (TPSA) is 72.6 Å². The lowest BCUT2D eigenvalue weighted by Crippen LogP contribution is -2.28. The highest BCUT2D eigenvalue weighted by molar-refractivity contribution is 5.45. The van der Waals surface area contributed by atoms with Gasteiger partial charge in [-0.25, -0.2) is 0 Å². The van der Waals surface area contributed by atoms with Gasteiger partial charge in [0.1, 0.15) is 5.75 Å². The number of hydrogen-bond donors (Lipinski definition) is 2. The molecule has 1 heterocycles. The van der Waals surface area contributed by atoms with Gasteiger partial charge in [0.05, 0.1) is 20.8 Å². The van der Waals surface area contributed by atoms with Gasteiger partial charge in [-0.2, -0.15) is 0 Å². The molecule has 0 saturated carbocycles. The van der Waals surface area contributed by atoms with Crippen LogP contribution < -0.4 is 25.1 Å². The summed E-state index contributed by atoms with van der Waals surface area (Å²) in [6.45, 7) is 1.70. The molecule has 3 rings (SSSR count). The largest absolute Gasteiger partial charge is 0.493 e. The highest BCUT2D eigenvalue weighted by atomic mass is 16.5. The third-order valence-electron chi connectivity index (χ3n) is 5.42. The number of rotatable bonds is 11. The number of aryl methyl sites for hydroxylation is 1. The number of unbranched alkanes of at least 4 members (excludes halogenated alkanes) is 3. The van der Waals surface area contributed by atoms with Crippen LogP contribution in [0.3, 0.4) is 0 Å². The third-order valence-corrected chi connectivity index (χ3v) is 5.42. The number of methoxy groups -OCH3 is 2. The van der Waals surface area contributed by atoms with Crippen molar-refractivity contribution in [1.82, 2.24) is 10.3 Å². The van der Waals surface area contributed by atoms with E-state index in [0.29, 0.717) is 24.1 Å². The monoisotopic (exact) mass is 400 g/mol. The first-order chi connectivity index (χ1) is 14.2. The van der Waals surface area contributed by atoms with Gasteiger partial charge in [0, 0.05) is 23.9 Å². The van der Waals surface area contributed by atoms with Crippen molar-refractivity contribution in [3.8, 4) is 17.2 Å². The second-order valence-electron chi connectivity index (χ2n) is 7.43. The second kappa shape index (κ2) is 10.9. The van der Waals surface area contributed by atoms with Crippen molar-refractivity contribution in [2.24, 2.45) is 0 Å². The summed E-state index contributed by atoms with van der Waals surface area (Å²) in [5.41, 5.74) is 2.37. The number of aromatic amines is 1. The van der Waals surface area contributed by atoms with Crippen LogP contribution in [0.2, 0.25) is 0 Å². The fourth-order valence-electron chi connectivity index (χ4n) is 3.87. The first kappa shape index (κ1) is 21.2. The predicted molar refractivity (Wildman–Crippen MR) is 114 cm³/mol. The van der Waals surface area contributed by atoms with Crippen molar-refractivity contribution in [3.05, 3.63) is 51.9 Å². The number of H-pyrrole nitrogens is 1. The Labute approximate surface area is 172 Å². The number of ether oxygens (including phenoxy) is 3. The molecule has 1 aliphatic carbocycles. The van der Waals surface area contributed by atoms with E-state index in [0.717, 1.165) is 56.5 Å². The van der Waals surface area contributed by atoms with Crippen LogP contribution in [0, 0.1) is 0 Å². The van der Waals surface area contributed by atoms with Crippen LogP contribution >= 0.6 is 0 Å². The molecule has 0 aliphatic heterocycles. The van der Waals surface area contributed by atoms with Gasteiger partial charge in [-0.3, -0.25) is 4.79 Å². The minimum absolute atomic E-state index is 0.000275. The summed E-state index contributed by atoms with van der Waals surface area (Å²) in [5, 5.41) is 3.66. The SMILES string of the molecule is COc1ccc(OCCCCCCN[C@H]2CCCc3[nH]c(=O)ccc32)cc1OC. The molecule has 1 aromatic heterocycles. The summed E-state index contributed by atoms with van der Waals surface area (Å²) in [4.78, 5) is 14.5. The summed E-state index contributed by atoms with van der Waals surface area (Å²) in [7, 11) is 3.25. The summed E-state index contributed by atoms with van der Waals surface area (Å²) in [6.07, 6.45) is 7.73. The second-order valence-corrected chi connectivity index (χ2v) is 7.43. The molecule has 0 unspecified atom stereocenters. The van der Waals surface area contributed by atoms with Gasteiger partial charge in [-0.05, 0) is 56.3 Å². The summed E-state index contributed by atoms with van der Waals surface area (Å²) < 4.78 is 16.4. The molecule has 0 saturated heterocycles. The Bertz CT molecular complexity index is 834. The van der Waals surface area contributed by atoms with Gasteiger partial charge in [0.15, 0.2) is 11.5 Å². The Kier molecular flexibility index (Phi) is 7.99. The van der Waals surface area contributed by atoms with Crippen molar-refractivity contribution in [1.29, 1.82) is 0 Å². The minimum atomic E-state index is -0.000275. The molecule has 0 fully saturated rings. The number of hydrogen-bond acceptors (Lipinski definition) is 5. The Morgan fingerprint density at radius 1 is 1.03 bits per heavy atom. The van der Waals surface area contributed by atoms with Crippen molar-refractivity contribution in [3.63, 3.8) is 0 Å². The molecule has 1 atom stereocenters. The van der Waals surface area contributed by atoms with Crippen LogP contribution in [-0.2, 0) is 6.42 Å². The van der Waals surface area contributed by atoms with Gasteiger partial charge < -0.3 is 24.5 Å². The lowest BCUT2D eigenvalue weighted by molar-refractivity contribution is 0.299. The average Bonchev–Trinajstić information content (AvgIpc) is 2.75. The normalized spacial score (nSPS) is 15.6. The number of aromatic nitrogens is 1. The molecular weight excluding hydrogens is 368 g/mol. The van der Waals surface area contributed by atoms with Crippen LogP contribution in [0.15, 0.2) is 35.1 Å². The molecule has 2 aromatic rings. The fourth-order valence-corrected chi connectivity index (χ4v) is 3.87. The molecule has 158 valence electrons. The van der Waals surface area contributed by atoms with E-state index in [2.05, 4.69) is 10.3 Å². The number of nitrogens with one attached hydrogen (secondary N) is 2. The highest BCUT2D eigenvalue weighted by Gasteiger charge is 2.19. The lowest BCUT2D eigenvalue weighted by atomic mass is 9.91. The maximum Gasteiger partial charge on any atom is 0.248 e. The summed E-state index contributed by atoms with van der Waals surface area (Å²) in [6, 6.07) is 9.61. The van der Waals surface area contributed by atoms with Crippen LogP contribution in [0.25, 0.3) is 0 Å². The van der Waals surface area contributed by atoms with E-state index in [-0.39, 0.29) is 5.56 Å². The van der Waals surface area contributed by atoms with Crippen LogP contribution in [-0.4, -0.2) is 32.4 Å². The van der Waals surface area contributed by atoms with Crippen molar-refractivity contribution in [2.45, 2.75) is 51.0 Å². The number of pyridine rings is 1. The standard InChI is InChI=1S/C23H32N2O4/c1-27-21-12-10-17(16-22(21)28-2)29-15-6-4-3-5-14-24-19-8-7-9-20-18(19)11-13-23(26)25-20/h10-13,16,19,24H,3-9,14-15H2,1-2H3,(H,25,26)/t19-/m0/s1. The molecule has 29 heavy (non-hydrogen) atoms. The van der Waals surface area contributed by atoms with E-state index < -0.39 is 0 Å². The molecule has 2 N–H and O–H groups in total. The zero-order chi connectivity index (χ0) is 20.5. The predicted octanol–water partition coefficient (Wildman–Crippen LogP) is 4.00. The Balaban J connectivity index is 1.30. The average molecular weight is 401 g/mol. The third kappa shape index (κ3) is 6.00. The first-order valence-corrected chi connectivity index (χ1v) is 10.5. The molecule has 1 aliphatic rings. The Morgan fingerprint density at radius 3 is 2.69 bits per heavy atom.